The van der Waals surface area contributed by atoms with Crippen LogP contribution in [0.15, 0.2) is 29.2 Å². The summed E-state index contributed by atoms with van der Waals surface area (Å²) >= 11 is 0. The quantitative estimate of drug-likeness (QED) is 0.788. The molecule has 0 amide bonds. The lowest BCUT2D eigenvalue weighted by molar-refractivity contribution is 0.434. The summed E-state index contributed by atoms with van der Waals surface area (Å²) < 4.78 is 27.0. The molecule has 2 saturated heterocycles. The van der Waals surface area contributed by atoms with E-state index in [9.17, 15) is 8.42 Å². The molecule has 2 aliphatic heterocycles. The van der Waals surface area contributed by atoms with Gasteiger partial charge in [-0.05, 0) is 42.7 Å². The molecule has 0 N–H and O–H groups in total. The van der Waals surface area contributed by atoms with Crippen molar-refractivity contribution in [2.45, 2.75) is 23.9 Å². The van der Waals surface area contributed by atoms with Crippen molar-refractivity contribution in [3.05, 3.63) is 29.8 Å². The molecule has 5 aliphatic rings. The van der Waals surface area contributed by atoms with Crippen LogP contribution in [0.5, 0.6) is 0 Å². The Balaban J connectivity index is 1.60. The van der Waals surface area contributed by atoms with E-state index in [0.717, 1.165) is 29.2 Å². The van der Waals surface area contributed by atoms with Gasteiger partial charge in [-0.2, -0.15) is 4.31 Å². The van der Waals surface area contributed by atoms with Gasteiger partial charge in [0.15, 0.2) is 0 Å². The molecule has 1 aromatic rings. The van der Waals surface area contributed by atoms with Crippen molar-refractivity contribution >= 4 is 10.0 Å². The lowest BCUT2D eigenvalue weighted by Crippen LogP contribution is -2.32. The summed E-state index contributed by atoms with van der Waals surface area (Å²) in [7, 11) is -3.22. The Hall–Kier alpha value is -0.870. The fourth-order valence-electron chi connectivity index (χ4n) is 4.50. The monoisotopic (exact) mass is 247 g/mol. The molecule has 0 aromatic heterocycles. The largest absolute Gasteiger partial charge is 0.243 e. The predicted molar refractivity (Wildman–Crippen MR) is 61.7 cm³/mol. The highest BCUT2D eigenvalue weighted by Gasteiger charge is 2.93. The Morgan fingerprint density at radius 3 is 1.88 bits per heavy atom. The highest BCUT2D eigenvalue weighted by molar-refractivity contribution is 7.89. The van der Waals surface area contributed by atoms with Gasteiger partial charge in [-0.15, -0.1) is 0 Å². The van der Waals surface area contributed by atoms with Crippen molar-refractivity contribution in [1.29, 1.82) is 0 Å². The Morgan fingerprint density at radius 2 is 1.41 bits per heavy atom. The van der Waals surface area contributed by atoms with E-state index in [-0.39, 0.29) is 0 Å². The van der Waals surface area contributed by atoms with Gasteiger partial charge in [0.1, 0.15) is 0 Å². The number of aryl methyl sites for hydroxylation is 1. The Morgan fingerprint density at radius 1 is 0.941 bits per heavy atom. The number of rotatable bonds is 2. The Labute approximate surface area is 100 Å². The van der Waals surface area contributed by atoms with Crippen LogP contribution in [0.2, 0.25) is 0 Å². The zero-order valence-electron chi connectivity index (χ0n) is 9.45. The van der Waals surface area contributed by atoms with Crippen LogP contribution in [-0.2, 0) is 10.0 Å². The van der Waals surface area contributed by atoms with Gasteiger partial charge in [-0.3, -0.25) is 0 Å². The summed E-state index contributed by atoms with van der Waals surface area (Å²) in [5.41, 5.74) is 1.10. The third-order valence-electron chi connectivity index (χ3n) is 5.26. The standard InChI is InChI=1S/C13H13NO2S/c1-6-2-4-7(5-3-6)17(15,16)14-12-8-9(12)11-10(8)13(11)14/h2-5,8-13H,1H3. The second kappa shape index (κ2) is 2.31. The number of sulfonamides is 1. The van der Waals surface area contributed by atoms with Gasteiger partial charge in [0.2, 0.25) is 10.0 Å². The maximum Gasteiger partial charge on any atom is 0.243 e. The van der Waals surface area contributed by atoms with Crippen molar-refractivity contribution in [1.82, 2.24) is 4.31 Å². The van der Waals surface area contributed by atoms with Crippen LogP contribution in [0.4, 0.5) is 0 Å². The fourth-order valence-corrected chi connectivity index (χ4v) is 6.43. The molecule has 0 unspecified atom stereocenters. The van der Waals surface area contributed by atoms with Crippen molar-refractivity contribution in [3.8, 4) is 0 Å². The van der Waals surface area contributed by atoms with E-state index in [4.69, 9.17) is 0 Å². The number of hydrogen-bond acceptors (Lipinski definition) is 2. The van der Waals surface area contributed by atoms with E-state index < -0.39 is 10.0 Å². The van der Waals surface area contributed by atoms with Gasteiger partial charge in [0.05, 0.1) is 4.90 Å². The zero-order valence-corrected chi connectivity index (χ0v) is 10.3. The summed E-state index contributed by atoms with van der Waals surface area (Å²) in [6, 6.07) is 8.00. The lowest BCUT2D eigenvalue weighted by Gasteiger charge is -2.17. The van der Waals surface area contributed by atoms with Crippen molar-refractivity contribution in [2.75, 3.05) is 0 Å². The van der Waals surface area contributed by atoms with E-state index in [1.807, 2.05) is 23.4 Å². The number of nitrogens with zero attached hydrogens (tertiary/aromatic N) is 1. The average Bonchev–Trinajstić information content (AvgIpc) is 2.96. The lowest BCUT2D eigenvalue weighted by atomic mass is 10.0. The summed E-state index contributed by atoms with van der Waals surface area (Å²) in [5.74, 6) is 2.96. The first-order chi connectivity index (χ1) is 8.12. The number of hydrogen-bond donors (Lipinski definition) is 0. The van der Waals surface area contributed by atoms with Gasteiger partial charge in [-0.25, -0.2) is 8.42 Å². The number of piperidine rings is 4. The maximum absolute atomic E-state index is 12.6. The molecule has 3 nitrogen and oxygen atoms in total. The topological polar surface area (TPSA) is 37.4 Å². The summed E-state index contributed by atoms with van der Waals surface area (Å²) in [4.78, 5) is 0.473. The van der Waals surface area contributed by atoms with Gasteiger partial charge < -0.3 is 0 Å². The summed E-state index contributed by atoms with van der Waals surface area (Å²) in [6.45, 7) is 1.98. The fraction of sp³-hybridized carbons (Fsp3) is 0.538. The van der Waals surface area contributed by atoms with Gasteiger partial charge >= 0.3 is 0 Å². The molecule has 2 bridgehead atoms. The van der Waals surface area contributed by atoms with E-state index in [2.05, 4.69) is 0 Å². The summed E-state index contributed by atoms with van der Waals surface area (Å²) in [5, 5.41) is 0. The second-order valence-electron chi connectivity index (χ2n) is 5.94. The molecule has 5 fully saturated rings. The summed E-state index contributed by atoms with van der Waals surface area (Å²) in [6.07, 6.45) is 0. The molecule has 4 heteroatoms. The smallest absolute Gasteiger partial charge is 0.207 e. The van der Waals surface area contributed by atoms with Gasteiger partial charge in [0.25, 0.3) is 0 Å². The third-order valence-corrected chi connectivity index (χ3v) is 7.17. The minimum atomic E-state index is -3.22. The number of benzene rings is 1. The first-order valence-corrected chi connectivity index (χ1v) is 7.66. The highest BCUT2D eigenvalue weighted by atomic mass is 32.2. The zero-order chi connectivity index (χ0) is 11.5. The van der Waals surface area contributed by atoms with Crippen molar-refractivity contribution in [3.63, 3.8) is 0 Å². The molecule has 0 atom stereocenters. The highest BCUT2D eigenvalue weighted by Crippen LogP contribution is 2.87. The molecule has 1 aromatic carbocycles. The Bertz CT molecular complexity index is 592. The van der Waals surface area contributed by atoms with Crippen molar-refractivity contribution in [2.24, 2.45) is 23.7 Å². The molecule has 88 valence electrons. The second-order valence-corrected chi connectivity index (χ2v) is 7.78. The maximum atomic E-state index is 12.6. The van der Waals surface area contributed by atoms with Crippen LogP contribution in [0, 0.1) is 30.6 Å². The molecule has 0 spiro atoms. The first-order valence-electron chi connectivity index (χ1n) is 6.22. The van der Waals surface area contributed by atoms with E-state index >= 15 is 0 Å². The van der Waals surface area contributed by atoms with Crippen LogP contribution in [-0.4, -0.2) is 24.8 Å². The third kappa shape index (κ3) is 0.799. The van der Waals surface area contributed by atoms with E-state index in [1.54, 1.807) is 12.1 Å². The average molecular weight is 247 g/mol. The van der Waals surface area contributed by atoms with Crippen LogP contribution in [0.25, 0.3) is 0 Å². The normalized spacial score (nSPS) is 48.5. The molecule has 0 radical (unpaired) electrons. The van der Waals surface area contributed by atoms with Crippen molar-refractivity contribution < 1.29 is 8.42 Å². The molecular weight excluding hydrogens is 234 g/mol. The van der Waals surface area contributed by atoms with Crippen LogP contribution in [0.1, 0.15) is 5.56 Å². The van der Waals surface area contributed by atoms with E-state index in [0.29, 0.717) is 17.0 Å². The molecule has 3 saturated carbocycles. The SMILES string of the molecule is Cc1ccc(S(=O)(=O)N2C3C4C3C3C4C32)cc1. The molecular formula is C13H13NO2S. The first kappa shape index (κ1) is 9.11. The van der Waals surface area contributed by atoms with Crippen LogP contribution < -0.4 is 0 Å². The van der Waals surface area contributed by atoms with Crippen LogP contribution >= 0.6 is 0 Å². The molecule has 17 heavy (non-hydrogen) atoms. The minimum absolute atomic E-state index is 0.376. The molecule has 2 heterocycles. The predicted octanol–water partition coefficient (Wildman–Crippen LogP) is 1.24. The minimum Gasteiger partial charge on any atom is -0.207 e. The Kier molecular flexibility index (Phi) is 1.24. The van der Waals surface area contributed by atoms with Gasteiger partial charge in [-0.1, -0.05) is 17.7 Å². The molecule has 3 aliphatic carbocycles. The van der Waals surface area contributed by atoms with E-state index in [1.165, 1.54) is 0 Å². The van der Waals surface area contributed by atoms with Gasteiger partial charge in [0, 0.05) is 12.1 Å². The van der Waals surface area contributed by atoms with Crippen LogP contribution in [0.3, 0.4) is 0 Å². The molecule has 6 rings (SSSR count).